The second-order valence-electron chi connectivity index (χ2n) is 5.30. The lowest BCUT2D eigenvalue weighted by Crippen LogP contribution is -2.15. The van der Waals surface area contributed by atoms with Gasteiger partial charge in [0.1, 0.15) is 5.69 Å². The highest BCUT2D eigenvalue weighted by Gasteiger charge is 2.13. The fraction of sp³-hybridized carbons (Fsp3) is 0.118. The summed E-state index contributed by atoms with van der Waals surface area (Å²) in [5.74, 6) is -0.110. The highest BCUT2D eigenvalue weighted by atomic mass is 35.5. The number of aliphatic hydroxyl groups is 1. The van der Waals surface area contributed by atoms with Crippen LogP contribution in [0.2, 0.25) is 5.02 Å². The third-order valence-corrected chi connectivity index (χ3v) is 3.74. The van der Waals surface area contributed by atoms with Crippen molar-refractivity contribution in [3.8, 4) is 5.82 Å². The Bertz CT molecular complexity index is 930. The zero-order valence-electron chi connectivity index (χ0n) is 13.1. The summed E-state index contributed by atoms with van der Waals surface area (Å²) >= 11 is 5.78. The molecule has 0 aliphatic heterocycles. The van der Waals surface area contributed by atoms with Crippen LogP contribution < -0.4 is 10.9 Å². The number of halogens is 1. The number of nitrogens with one attached hydrogen (secondary N) is 2. The number of hydrogen-bond donors (Lipinski definition) is 3. The Labute approximate surface area is 147 Å². The smallest absolute Gasteiger partial charge is 0.273 e. The lowest BCUT2D eigenvalue weighted by molar-refractivity contribution is 0.102. The summed E-state index contributed by atoms with van der Waals surface area (Å²) in [6, 6.07) is 11.5. The first-order valence-electron chi connectivity index (χ1n) is 7.52. The Kier molecular flexibility index (Phi) is 4.97. The number of aromatic amines is 1. The first-order valence-corrected chi connectivity index (χ1v) is 7.90. The van der Waals surface area contributed by atoms with E-state index in [1.54, 1.807) is 24.3 Å². The van der Waals surface area contributed by atoms with Crippen LogP contribution in [0.4, 0.5) is 5.69 Å². The van der Waals surface area contributed by atoms with E-state index in [9.17, 15) is 9.59 Å². The molecule has 0 aliphatic carbocycles. The van der Waals surface area contributed by atoms with Crippen molar-refractivity contribution in [2.45, 2.75) is 6.42 Å². The monoisotopic (exact) mass is 358 g/mol. The van der Waals surface area contributed by atoms with E-state index >= 15 is 0 Å². The fourth-order valence-corrected chi connectivity index (χ4v) is 2.38. The van der Waals surface area contributed by atoms with Gasteiger partial charge in [0.15, 0.2) is 5.82 Å². The van der Waals surface area contributed by atoms with Crippen LogP contribution in [0.25, 0.3) is 5.82 Å². The molecule has 8 heteroatoms. The summed E-state index contributed by atoms with van der Waals surface area (Å²) in [6.07, 6.45) is 1.97. The van der Waals surface area contributed by atoms with Gasteiger partial charge >= 0.3 is 0 Å². The van der Waals surface area contributed by atoms with Gasteiger partial charge in [-0.25, -0.2) is 9.67 Å². The van der Waals surface area contributed by atoms with Gasteiger partial charge in [-0.3, -0.25) is 14.7 Å². The van der Waals surface area contributed by atoms with Crippen LogP contribution in [0.3, 0.4) is 0 Å². The van der Waals surface area contributed by atoms with Crippen LogP contribution in [0.15, 0.2) is 53.5 Å². The maximum Gasteiger partial charge on any atom is 0.273 e. The van der Waals surface area contributed by atoms with Crippen molar-refractivity contribution in [2.75, 3.05) is 11.9 Å². The van der Waals surface area contributed by atoms with E-state index in [1.165, 1.54) is 12.3 Å². The van der Waals surface area contributed by atoms with Crippen LogP contribution in [0, 0.1) is 0 Å². The molecule has 0 aliphatic rings. The molecule has 128 valence electrons. The van der Waals surface area contributed by atoms with Crippen molar-refractivity contribution in [2.24, 2.45) is 0 Å². The molecular weight excluding hydrogens is 344 g/mol. The van der Waals surface area contributed by atoms with Gasteiger partial charge in [-0.05, 0) is 36.2 Å². The summed E-state index contributed by atoms with van der Waals surface area (Å²) < 4.78 is 1.16. The molecule has 1 aromatic carbocycles. The van der Waals surface area contributed by atoms with Crippen molar-refractivity contribution in [1.29, 1.82) is 0 Å². The number of nitrogens with zero attached hydrogens (tertiary/aromatic N) is 2. The Balaban J connectivity index is 1.77. The van der Waals surface area contributed by atoms with Gasteiger partial charge in [-0.1, -0.05) is 23.7 Å². The molecule has 0 saturated heterocycles. The fourth-order valence-electron chi connectivity index (χ4n) is 2.26. The number of aliphatic hydroxyl groups excluding tert-OH is 1. The molecule has 25 heavy (non-hydrogen) atoms. The molecule has 1 amide bonds. The first-order chi connectivity index (χ1) is 12.1. The zero-order valence-corrected chi connectivity index (χ0v) is 13.8. The van der Waals surface area contributed by atoms with Crippen molar-refractivity contribution in [1.82, 2.24) is 14.8 Å². The van der Waals surface area contributed by atoms with Crippen LogP contribution >= 0.6 is 11.6 Å². The summed E-state index contributed by atoms with van der Waals surface area (Å²) in [6.45, 7) is 0.0686. The molecule has 0 atom stereocenters. The number of carbonyl (C=O) groups excluding carboxylic acids is 1. The second kappa shape index (κ2) is 7.33. The van der Waals surface area contributed by atoms with E-state index in [1.807, 2.05) is 12.1 Å². The van der Waals surface area contributed by atoms with Crippen LogP contribution in [0.5, 0.6) is 0 Å². The van der Waals surface area contributed by atoms with Crippen molar-refractivity contribution in [3.05, 3.63) is 75.3 Å². The van der Waals surface area contributed by atoms with E-state index in [0.717, 1.165) is 10.2 Å². The molecule has 3 N–H and O–H groups in total. The Morgan fingerprint density at radius 3 is 2.64 bits per heavy atom. The van der Waals surface area contributed by atoms with Gasteiger partial charge < -0.3 is 10.4 Å². The maximum atomic E-state index is 12.3. The van der Waals surface area contributed by atoms with Gasteiger partial charge in [0.05, 0.1) is 5.02 Å². The SMILES string of the molecule is O=C(Nc1ccc(CCO)cc1)c1cc(=O)n(-c2ccc(Cl)cn2)[nH]1. The summed E-state index contributed by atoms with van der Waals surface area (Å²) in [7, 11) is 0. The Hall–Kier alpha value is -2.90. The second-order valence-corrected chi connectivity index (χ2v) is 5.74. The summed E-state index contributed by atoms with van der Waals surface area (Å²) in [5.41, 5.74) is 1.26. The summed E-state index contributed by atoms with van der Waals surface area (Å²) in [5, 5.41) is 14.8. The van der Waals surface area contributed by atoms with Crippen LogP contribution in [-0.2, 0) is 6.42 Å². The van der Waals surface area contributed by atoms with Gasteiger partial charge in [-0.2, -0.15) is 0 Å². The van der Waals surface area contributed by atoms with Gasteiger partial charge in [0, 0.05) is 24.6 Å². The number of carbonyl (C=O) groups is 1. The number of pyridine rings is 1. The average Bonchev–Trinajstić information content (AvgIpc) is 3.00. The van der Waals surface area contributed by atoms with Crippen LogP contribution in [-0.4, -0.2) is 32.4 Å². The highest BCUT2D eigenvalue weighted by molar-refractivity contribution is 6.30. The normalized spacial score (nSPS) is 10.6. The van der Waals surface area contributed by atoms with Crippen molar-refractivity contribution >= 4 is 23.2 Å². The molecule has 3 rings (SSSR count). The average molecular weight is 359 g/mol. The first kappa shape index (κ1) is 16.9. The number of amides is 1. The van der Waals surface area contributed by atoms with Crippen molar-refractivity contribution in [3.63, 3.8) is 0 Å². The third kappa shape index (κ3) is 3.96. The lowest BCUT2D eigenvalue weighted by Gasteiger charge is -2.05. The molecule has 3 aromatic rings. The van der Waals surface area contributed by atoms with E-state index in [0.29, 0.717) is 22.9 Å². The van der Waals surface area contributed by atoms with E-state index in [2.05, 4.69) is 15.4 Å². The molecule has 7 nitrogen and oxygen atoms in total. The highest BCUT2D eigenvalue weighted by Crippen LogP contribution is 2.12. The van der Waals surface area contributed by atoms with E-state index in [-0.39, 0.29) is 12.3 Å². The molecule has 0 saturated carbocycles. The van der Waals surface area contributed by atoms with E-state index in [4.69, 9.17) is 16.7 Å². The third-order valence-electron chi connectivity index (χ3n) is 3.52. The predicted octanol–water partition coefficient (Wildman–Crippen LogP) is 2.00. The lowest BCUT2D eigenvalue weighted by atomic mass is 10.1. The minimum Gasteiger partial charge on any atom is -0.396 e. The quantitative estimate of drug-likeness (QED) is 0.649. The number of rotatable bonds is 5. The summed E-state index contributed by atoms with van der Waals surface area (Å²) in [4.78, 5) is 28.4. The largest absolute Gasteiger partial charge is 0.396 e. The number of aromatic nitrogens is 3. The van der Waals surface area contributed by atoms with Gasteiger partial charge in [0.25, 0.3) is 11.5 Å². The zero-order chi connectivity index (χ0) is 17.8. The molecular formula is C17H15ClN4O3. The Morgan fingerprint density at radius 2 is 2.00 bits per heavy atom. The topological polar surface area (TPSA) is 100 Å². The molecule has 2 heterocycles. The number of hydrogen-bond acceptors (Lipinski definition) is 4. The van der Waals surface area contributed by atoms with Gasteiger partial charge in [-0.15, -0.1) is 0 Å². The molecule has 0 bridgehead atoms. The van der Waals surface area contributed by atoms with Gasteiger partial charge in [0.2, 0.25) is 0 Å². The standard InChI is InChI=1S/C17H15ClN4O3/c18-12-3-6-15(19-10-12)22-16(24)9-14(21-22)17(25)20-13-4-1-11(2-5-13)7-8-23/h1-6,9-10,21,23H,7-8H2,(H,20,25). The van der Waals surface area contributed by atoms with E-state index < -0.39 is 11.5 Å². The number of benzene rings is 1. The predicted molar refractivity (Wildman–Crippen MR) is 94.4 cm³/mol. The molecule has 0 spiro atoms. The molecule has 0 fully saturated rings. The Morgan fingerprint density at radius 1 is 1.24 bits per heavy atom. The molecule has 2 aromatic heterocycles. The van der Waals surface area contributed by atoms with Crippen LogP contribution in [0.1, 0.15) is 16.1 Å². The number of H-pyrrole nitrogens is 1. The maximum absolute atomic E-state index is 12.3. The minimum atomic E-state index is -0.445. The minimum absolute atomic E-state index is 0.0686. The molecule has 0 radical (unpaired) electrons. The number of anilines is 1. The van der Waals surface area contributed by atoms with Crippen molar-refractivity contribution < 1.29 is 9.90 Å². The molecule has 0 unspecified atom stereocenters.